The van der Waals surface area contributed by atoms with E-state index in [-0.39, 0.29) is 11.9 Å². The number of rotatable bonds is 1. The van der Waals surface area contributed by atoms with Crippen molar-refractivity contribution in [3.05, 3.63) is 59.2 Å². The zero-order valence-corrected chi connectivity index (χ0v) is 12.1. The monoisotopic (exact) mass is 276 g/mol. The van der Waals surface area contributed by atoms with E-state index in [0.717, 1.165) is 22.1 Å². The Morgan fingerprint density at radius 3 is 2.71 bits per heavy atom. The molecule has 0 spiro atoms. The van der Waals surface area contributed by atoms with Gasteiger partial charge in [0.05, 0.1) is 6.10 Å². The molecule has 0 heterocycles. The zero-order valence-electron chi connectivity index (χ0n) is 12.1. The first-order valence-electron chi connectivity index (χ1n) is 7.21. The molecule has 0 aliphatic heterocycles. The molecule has 21 heavy (non-hydrogen) atoms. The molecule has 0 amide bonds. The summed E-state index contributed by atoms with van der Waals surface area (Å²) in [6.07, 6.45) is 0.341. The third-order valence-corrected chi connectivity index (χ3v) is 4.54. The maximum Gasteiger partial charge on any atom is 0.166 e. The summed E-state index contributed by atoms with van der Waals surface area (Å²) in [7, 11) is 1.68. The van der Waals surface area contributed by atoms with Gasteiger partial charge in [0.1, 0.15) is 0 Å². The molecule has 104 valence electrons. The van der Waals surface area contributed by atoms with Crippen molar-refractivity contribution in [3.8, 4) is 0 Å². The molecule has 0 radical (unpaired) electrons. The second-order valence-electron chi connectivity index (χ2n) is 5.72. The van der Waals surface area contributed by atoms with Crippen LogP contribution in [0.5, 0.6) is 0 Å². The number of fused-ring (bicyclic) bond motifs is 5. The molecular formula is C19H16O2. The van der Waals surface area contributed by atoms with E-state index in [0.29, 0.717) is 6.42 Å². The van der Waals surface area contributed by atoms with Gasteiger partial charge in [0.25, 0.3) is 0 Å². The van der Waals surface area contributed by atoms with Crippen LogP contribution in [0.4, 0.5) is 0 Å². The number of ketones is 1. The summed E-state index contributed by atoms with van der Waals surface area (Å²) in [6, 6.07) is 14.7. The first-order valence-corrected chi connectivity index (χ1v) is 7.21. The van der Waals surface area contributed by atoms with Crippen LogP contribution < -0.4 is 0 Å². The Balaban J connectivity index is 2.21. The Labute approximate surface area is 123 Å². The largest absolute Gasteiger partial charge is 0.376 e. The van der Waals surface area contributed by atoms with Gasteiger partial charge in [-0.2, -0.15) is 0 Å². The summed E-state index contributed by atoms with van der Waals surface area (Å²) >= 11 is 0. The van der Waals surface area contributed by atoms with Crippen LogP contribution in [0.2, 0.25) is 0 Å². The number of ether oxygens (including phenoxy) is 1. The van der Waals surface area contributed by atoms with Crippen LogP contribution in [-0.2, 0) is 4.74 Å². The number of hydrogen-bond donors (Lipinski definition) is 0. The van der Waals surface area contributed by atoms with Gasteiger partial charge in [0.2, 0.25) is 0 Å². The third-order valence-electron chi connectivity index (χ3n) is 4.54. The lowest BCUT2D eigenvalue weighted by Crippen LogP contribution is -1.98. The maximum absolute atomic E-state index is 12.2. The van der Waals surface area contributed by atoms with Crippen molar-refractivity contribution in [2.75, 3.05) is 7.11 Å². The molecule has 1 unspecified atom stereocenters. The van der Waals surface area contributed by atoms with Gasteiger partial charge < -0.3 is 4.74 Å². The summed E-state index contributed by atoms with van der Waals surface area (Å²) in [6.45, 7) is 2.09. The van der Waals surface area contributed by atoms with Gasteiger partial charge in [-0.05, 0) is 45.7 Å². The molecule has 3 aromatic carbocycles. The van der Waals surface area contributed by atoms with Crippen LogP contribution >= 0.6 is 0 Å². The summed E-state index contributed by atoms with van der Waals surface area (Å²) in [5.74, 6) is 0.190. The van der Waals surface area contributed by atoms with Crippen molar-refractivity contribution in [1.29, 1.82) is 0 Å². The second kappa shape index (κ2) is 4.40. The molecule has 2 nitrogen and oxygen atoms in total. The van der Waals surface area contributed by atoms with Crippen molar-refractivity contribution in [2.45, 2.75) is 19.4 Å². The average Bonchev–Trinajstić information content (AvgIpc) is 2.83. The molecule has 2 heteroatoms. The van der Waals surface area contributed by atoms with E-state index in [9.17, 15) is 4.79 Å². The quantitative estimate of drug-likeness (QED) is 0.608. The molecular weight excluding hydrogens is 260 g/mol. The number of methoxy groups -OCH3 is 1. The van der Waals surface area contributed by atoms with E-state index in [1.54, 1.807) is 7.11 Å². The fraction of sp³-hybridized carbons (Fsp3) is 0.211. The van der Waals surface area contributed by atoms with Crippen molar-refractivity contribution in [2.24, 2.45) is 0 Å². The molecule has 3 aromatic rings. The predicted octanol–water partition coefficient (Wildman–Crippen LogP) is 4.58. The van der Waals surface area contributed by atoms with E-state index < -0.39 is 0 Å². The van der Waals surface area contributed by atoms with Gasteiger partial charge in [-0.1, -0.05) is 36.4 Å². The van der Waals surface area contributed by atoms with E-state index in [1.165, 1.54) is 16.2 Å². The van der Waals surface area contributed by atoms with Crippen LogP contribution in [0.15, 0.2) is 42.5 Å². The highest BCUT2D eigenvalue weighted by Crippen LogP contribution is 2.41. The molecule has 0 fully saturated rings. The van der Waals surface area contributed by atoms with E-state index in [2.05, 4.69) is 43.3 Å². The molecule has 4 rings (SSSR count). The van der Waals surface area contributed by atoms with Crippen LogP contribution in [0.25, 0.3) is 21.5 Å². The first kappa shape index (κ1) is 12.5. The Bertz CT molecular complexity index is 893. The van der Waals surface area contributed by atoms with Crippen LogP contribution in [-0.4, -0.2) is 12.9 Å². The van der Waals surface area contributed by atoms with E-state index in [4.69, 9.17) is 4.74 Å². The lowest BCUT2D eigenvalue weighted by molar-refractivity contribution is 0.0815. The summed E-state index contributed by atoms with van der Waals surface area (Å²) in [4.78, 5) is 12.2. The Morgan fingerprint density at radius 2 is 1.90 bits per heavy atom. The van der Waals surface area contributed by atoms with Crippen molar-refractivity contribution in [3.63, 3.8) is 0 Å². The minimum Gasteiger partial charge on any atom is -0.376 e. The molecule has 1 aliphatic carbocycles. The standard InChI is InChI=1S/C19H16O2/c1-11-9-15-16(20)10-17(21-2)19(15)14-8-7-12-5-3-4-6-13(12)18(11)14/h3-9,17H,10H2,1-2H3. The molecule has 0 saturated carbocycles. The summed E-state index contributed by atoms with van der Waals surface area (Å²) < 4.78 is 5.55. The van der Waals surface area contributed by atoms with Crippen LogP contribution in [0.1, 0.15) is 34.0 Å². The predicted molar refractivity (Wildman–Crippen MR) is 84.9 cm³/mol. The van der Waals surface area contributed by atoms with E-state index in [1.807, 2.05) is 6.07 Å². The Kier molecular flexibility index (Phi) is 2.63. The molecule has 1 atom stereocenters. The number of Topliss-reactive ketones (excluding diaryl/α,β-unsaturated/α-hetero) is 1. The first-order chi connectivity index (χ1) is 10.2. The SMILES string of the molecule is COC1CC(=O)c2cc(C)c3c(ccc4ccccc43)c21. The highest BCUT2D eigenvalue weighted by atomic mass is 16.5. The van der Waals surface area contributed by atoms with Gasteiger partial charge in [-0.3, -0.25) is 4.79 Å². The second-order valence-corrected chi connectivity index (χ2v) is 5.72. The third kappa shape index (κ3) is 1.66. The van der Waals surface area contributed by atoms with Gasteiger partial charge >= 0.3 is 0 Å². The van der Waals surface area contributed by atoms with Crippen molar-refractivity contribution >= 4 is 27.3 Å². The summed E-state index contributed by atoms with van der Waals surface area (Å²) in [5.41, 5.74) is 3.06. The maximum atomic E-state index is 12.2. The molecule has 0 bridgehead atoms. The van der Waals surface area contributed by atoms with Crippen LogP contribution in [0.3, 0.4) is 0 Å². The molecule has 0 N–H and O–H groups in total. The fourth-order valence-corrected chi connectivity index (χ4v) is 3.59. The minimum atomic E-state index is -0.114. The minimum absolute atomic E-state index is 0.114. The van der Waals surface area contributed by atoms with Crippen molar-refractivity contribution < 1.29 is 9.53 Å². The highest BCUT2D eigenvalue weighted by molar-refractivity contribution is 6.14. The highest BCUT2D eigenvalue weighted by Gasteiger charge is 2.31. The number of carbonyl (C=O) groups is 1. The Morgan fingerprint density at radius 1 is 1.10 bits per heavy atom. The number of benzene rings is 3. The molecule has 0 aromatic heterocycles. The van der Waals surface area contributed by atoms with Gasteiger partial charge in [-0.25, -0.2) is 0 Å². The van der Waals surface area contributed by atoms with Crippen molar-refractivity contribution in [1.82, 2.24) is 0 Å². The van der Waals surface area contributed by atoms with Gasteiger partial charge in [0, 0.05) is 19.1 Å². The van der Waals surface area contributed by atoms with Gasteiger partial charge in [-0.15, -0.1) is 0 Å². The molecule has 1 aliphatic rings. The topological polar surface area (TPSA) is 26.3 Å². The lowest BCUT2D eigenvalue weighted by atomic mass is 9.92. The fourth-order valence-electron chi connectivity index (χ4n) is 3.59. The molecule has 0 saturated heterocycles. The van der Waals surface area contributed by atoms with Gasteiger partial charge in [0.15, 0.2) is 5.78 Å². The normalized spacial score (nSPS) is 17.6. The smallest absolute Gasteiger partial charge is 0.166 e. The Hall–Kier alpha value is -2.19. The number of hydrogen-bond acceptors (Lipinski definition) is 2. The number of aryl methyl sites for hydroxylation is 1. The zero-order chi connectivity index (χ0) is 14.6. The lowest BCUT2D eigenvalue weighted by Gasteiger charge is -2.15. The average molecular weight is 276 g/mol. The van der Waals surface area contributed by atoms with Crippen LogP contribution in [0, 0.1) is 6.92 Å². The van der Waals surface area contributed by atoms with E-state index >= 15 is 0 Å². The number of carbonyl (C=O) groups excluding carboxylic acids is 1. The summed E-state index contributed by atoms with van der Waals surface area (Å²) in [5, 5.41) is 4.86.